The topological polar surface area (TPSA) is 140 Å². The number of esters is 1. The fourth-order valence-corrected chi connectivity index (χ4v) is 2.60. The predicted octanol–water partition coefficient (Wildman–Crippen LogP) is -0.918. The highest BCUT2D eigenvalue weighted by Crippen LogP contribution is 2.31. The lowest BCUT2D eigenvalue weighted by Gasteiger charge is -2.16. The molecular formula is C14H18N4O6. The minimum Gasteiger partial charge on any atom is -0.463 e. The third-order valence-electron chi connectivity index (χ3n) is 3.84. The number of H-pyrrole nitrogens is 1. The zero-order valence-electron chi connectivity index (χ0n) is 13.0. The summed E-state index contributed by atoms with van der Waals surface area (Å²) in [5.41, 5.74) is -0.101. The number of carbonyl (C=O) groups is 1. The quantitative estimate of drug-likeness (QED) is 0.595. The maximum atomic E-state index is 11.7. The molecular weight excluding hydrogens is 320 g/mol. The van der Waals surface area contributed by atoms with Gasteiger partial charge in [0.1, 0.15) is 24.9 Å². The molecule has 1 saturated heterocycles. The van der Waals surface area contributed by atoms with E-state index in [1.54, 1.807) is 0 Å². The van der Waals surface area contributed by atoms with Crippen LogP contribution in [0.1, 0.15) is 26.0 Å². The van der Waals surface area contributed by atoms with Crippen molar-refractivity contribution in [1.82, 2.24) is 19.5 Å². The Morgan fingerprint density at radius 3 is 2.96 bits per heavy atom. The van der Waals surface area contributed by atoms with E-state index in [4.69, 9.17) is 9.47 Å². The van der Waals surface area contributed by atoms with Gasteiger partial charge >= 0.3 is 5.97 Å². The molecule has 24 heavy (non-hydrogen) atoms. The molecule has 2 aromatic rings. The molecule has 3 N–H and O–H groups in total. The van der Waals surface area contributed by atoms with Gasteiger partial charge in [-0.25, -0.2) is 9.97 Å². The number of aromatic nitrogens is 4. The zero-order chi connectivity index (χ0) is 17.3. The second kappa shape index (κ2) is 6.67. The lowest BCUT2D eigenvalue weighted by atomic mass is 10.1. The number of hydrogen-bond acceptors (Lipinski definition) is 8. The maximum Gasteiger partial charge on any atom is 0.305 e. The molecule has 1 aliphatic heterocycles. The van der Waals surface area contributed by atoms with Crippen LogP contribution in [0.25, 0.3) is 11.2 Å². The normalized spacial score (nSPS) is 26.8. The first-order chi connectivity index (χ1) is 11.5. The van der Waals surface area contributed by atoms with Gasteiger partial charge in [-0.2, -0.15) is 0 Å². The minimum absolute atomic E-state index is 0.0978. The number of rotatable bonds is 5. The molecule has 10 heteroatoms. The molecule has 0 bridgehead atoms. The standard InChI is InChI=1S/C14H18N4O6/c1-2-3-8(19)23-4-7-10(20)11(21)14(24-7)18-6-17-9-12(18)15-5-16-13(9)22/h5-7,10-11,14,20-21H,2-4H2,1H3,(H,15,16,22)/t7-,10-,11-,14-/m1/s1. The number of carbonyl (C=O) groups excluding carboxylic acids is 1. The molecule has 3 rings (SSSR count). The Morgan fingerprint density at radius 1 is 1.42 bits per heavy atom. The number of nitrogens with zero attached hydrogens (tertiary/aromatic N) is 3. The average Bonchev–Trinajstić information content (AvgIpc) is 3.10. The summed E-state index contributed by atoms with van der Waals surface area (Å²) < 4.78 is 12.0. The Kier molecular flexibility index (Phi) is 4.60. The Balaban J connectivity index is 1.78. The lowest BCUT2D eigenvalue weighted by Crippen LogP contribution is -2.34. The molecule has 3 heterocycles. The van der Waals surface area contributed by atoms with Crippen molar-refractivity contribution < 1.29 is 24.5 Å². The van der Waals surface area contributed by atoms with Crippen molar-refractivity contribution in [1.29, 1.82) is 0 Å². The number of aliphatic hydroxyl groups is 2. The van der Waals surface area contributed by atoms with Crippen molar-refractivity contribution in [2.75, 3.05) is 6.61 Å². The summed E-state index contributed by atoms with van der Waals surface area (Å²) in [6, 6.07) is 0. The van der Waals surface area contributed by atoms with Crippen LogP contribution >= 0.6 is 0 Å². The molecule has 0 radical (unpaired) electrons. The summed E-state index contributed by atoms with van der Waals surface area (Å²) in [7, 11) is 0. The van der Waals surface area contributed by atoms with E-state index in [0.717, 1.165) is 0 Å². The zero-order valence-corrected chi connectivity index (χ0v) is 13.0. The SMILES string of the molecule is CCCC(=O)OC[C@H]1O[C@@H](n2cnc3c(=O)[nH]cnc32)[C@H](O)[C@@H]1O. The van der Waals surface area contributed by atoms with E-state index < -0.39 is 36.1 Å². The highest BCUT2D eigenvalue weighted by molar-refractivity contribution is 5.69. The van der Waals surface area contributed by atoms with Gasteiger partial charge in [-0.1, -0.05) is 6.92 Å². The van der Waals surface area contributed by atoms with Gasteiger partial charge in [-0.15, -0.1) is 0 Å². The van der Waals surface area contributed by atoms with Crippen molar-refractivity contribution in [3.8, 4) is 0 Å². The van der Waals surface area contributed by atoms with Crippen molar-refractivity contribution in [3.63, 3.8) is 0 Å². The van der Waals surface area contributed by atoms with Gasteiger partial charge in [0.05, 0.1) is 12.7 Å². The van der Waals surface area contributed by atoms with Crippen molar-refractivity contribution in [2.24, 2.45) is 0 Å². The van der Waals surface area contributed by atoms with E-state index >= 15 is 0 Å². The van der Waals surface area contributed by atoms with Crippen LogP contribution in [0.4, 0.5) is 0 Å². The Bertz CT molecular complexity index is 787. The number of nitrogens with one attached hydrogen (secondary N) is 1. The summed E-state index contributed by atoms with van der Waals surface area (Å²) >= 11 is 0. The van der Waals surface area contributed by atoms with Crippen LogP contribution in [-0.2, 0) is 14.3 Å². The molecule has 130 valence electrons. The number of ether oxygens (including phenoxy) is 2. The number of fused-ring (bicyclic) bond motifs is 1. The molecule has 0 aromatic carbocycles. The van der Waals surface area contributed by atoms with Gasteiger partial charge in [0.2, 0.25) is 0 Å². The fraction of sp³-hybridized carbons (Fsp3) is 0.571. The predicted molar refractivity (Wildman–Crippen MR) is 79.9 cm³/mol. The largest absolute Gasteiger partial charge is 0.463 e. The van der Waals surface area contributed by atoms with E-state index in [1.807, 2.05) is 6.92 Å². The highest BCUT2D eigenvalue weighted by Gasteiger charge is 2.44. The van der Waals surface area contributed by atoms with E-state index in [2.05, 4.69) is 15.0 Å². The summed E-state index contributed by atoms with van der Waals surface area (Å²) in [5, 5.41) is 20.3. The molecule has 4 atom stereocenters. The third-order valence-corrected chi connectivity index (χ3v) is 3.84. The summed E-state index contributed by atoms with van der Waals surface area (Å²) in [5.74, 6) is -0.396. The van der Waals surface area contributed by atoms with Crippen molar-refractivity contribution in [2.45, 2.75) is 44.3 Å². The number of imidazole rings is 1. The number of aromatic amines is 1. The summed E-state index contributed by atoms with van der Waals surface area (Å²) in [6.45, 7) is 1.68. The van der Waals surface area contributed by atoms with Crippen LogP contribution in [0.3, 0.4) is 0 Å². The molecule has 0 amide bonds. The number of hydrogen-bond donors (Lipinski definition) is 3. The molecule has 0 spiro atoms. The molecule has 2 aromatic heterocycles. The average molecular weight is 338 g/mol. The van der Waals surface area contributed by atoms with Crippen LogP contribution in [0.2, 0.25) is 0 Å². The van der Waals surface area contributed by atoms with Crippen molar-refractivity contribution >= 4 is 17.1 Å². The van der Waals surface area contributed by atoms with E-state index in [1.165, 1.54) is 17.2 Å². The monoisotopic (exact) mass is 338 g/mol. The van der Waals surface area contributed by atoms with Crippen LogP contribution in [-0.4, -0.2) is 60.6 Å². The van der Waals surface area contributed by atoms with Gasteiger partial charge in [-0.3, -0.25) is 14.2 Å². The third kappa shape index (κ3) is 2.90. The van der Waals surface area contributed by atoms with Crippen LogP contribution < -0.4 is 5.56 Å². The summed E-state index contributed by atoms with van der Waals surface area (Å²) in [4.78, 5) is 33.5. The van der Waals surface area contributed by atoms with Gasteiger partial charge in [0.25, 0.3) is 5.56 Å². The fourth-order valence-electron chi connectivity index (χ4n) is 2.60. The summed E-state index contributed by atoms with van der Waals surface area (Å²) in [6.07, 6.45) is -0.960. The van der Waals surface area contributed by atoms with Crippen LogP contribution in [0, 0.1) is 0 Å². The maximum absolute atomic E-state index is 11.7. The molecule has 0 unspecified atom stereocenters. The van der Waals surface area contributed by atoms with Crippen molar-refractivity contribution in [3.05, 3.63) is 23.0 Å². The minimum atomic E-state index is -1.28. The van der Waals surface area contributed by atoms with Gasteiger partial charge < -0.3 is 24.7 Å². The number of aliphatic hydroxyl groups excluding tert-OH is 2. The van der Waals surface area contributed by atoms with Crippen LogP contribution in [0.5, 0.6) is 0 Å². The van der Waals surface area contributed by atoms with Gasteiger partial charge in [-0.05, 0) is 6.42 Å². The van der Waals surface area contributed by atoms with E-state index in [0.29, 0.717) is 6.42 Å². The van der Waals surface area contributed by atoms with Gasteiger partial charge in [0, 0.05) is 6.42 Å². The Morgan fingerprint density at radius 2 is 2.21 bits per heavy atom. The highest BCUT2D eigenvalue weighted by atomic mass is 16.6. The van der Waals surface area contributed by atoms with E-state index in [-0.39, 0.29) is 24.2 Å². The molecule has 1 aliphatic rings. The Labute approximate surface area is 136 Å². The molecule has 10 nitrogen and oxygen atoms in total. The second-order valence-corrected chi connectivity index (χ2v) is 5.54. The second-order valence-electron chi connectivity index (χ2n) is 5.54. The molecule has 1 fully saturated rings. The van der Waals surface area contributed by atoms with E-state index in [9.17, 15) is 19.8 Å². The lowest BCUT2D eigenvalue weighted by molar-refractivity contribution is -0.150. The molecule has 0 aliphatic carbocycles. The van der Waals surface area contributed by atoms with Gasteiger partial charge in [0.15, 0.2) is 17.4 Å². The van der Waals surface area contributed by atoms with Crippen LogP contribution in [0.15, 0.2) is 17.4 Å². The first-order valence-electron chi connectivity index (χ1n) is 7.60. The molecule has 0 saturated carbocycles. The Hall–Kier alpha value is -2.30. The first kappa shape index (κ1) is 16.6. The smallest absolute Gasteiger partial charge is 0.305 e. The first-order valence-corrected chi connectivity index (χ1v) is 7.60.